The van der Waals surface area contributed by atoms with Gasteiger partial charge < -0.3 is 0 Å². The second kappa shape index (κ2) is 7.47. The first kappa shape index (κ1) is 19.9. The second-order valence-corrected chi connectivity index (χ2v) is 8.11. The first-order valence-corrected chi connectivity index (χ1v) is 9.57. The molecule has 25 heavy (non-hydrogen) atoms. The molecule has 0 aliphatic carbocycles. The molecule has 0 radical (unpaired) electrons. The molecule has 0 amide bonds. The van der Waals surface area contributed by atoms with Gasteiger partial charge in [0.15, 0.2) is 0 Å². The Labute approximate surface area is 153 Å². The topological polar surface area (TPSA) is 43.4 Å². The number of rotatable bonds is 5. The van der Waals surface area contributed by atoms with E-state index in [1.54, 1.807) is 19.1 Å². The minimum atomic E-state index is -4.46. The van der Waals surface area contributed by atoms with Gasteiger partial charge in [-0.05, 0) is 42.8 Å². The lowest BCUT2D eigenvalue weighted by Gasteiger charge is -2.21. The van der Waals surface area contributed by atoms with Crippen LogP contribution in [0.2, 0.25) is 0 Å². The highest BCUT2D eigenvalue weighted by atomic mass is 79.9. The molecule has 0 bridgehead atoms. The molecule has 2 rings (SSSR count). The van der Waals surface area contributed by atoms with Crippen LogP contribution in [-0.2, 0) is 20.5 Å². The highest BCUT2D eigenvalue weighted by Gasteiger charge is 2.31. The van der Waals surface area contributed by atoms with Crippen LogP contribution >= 0.6 is 15.9 Å². The maximum atomic E-state index is 12.8. The van der Waals surface area contributed by atoms with Crippen LogP contribution in [0.4, 0.5) is 13.2 Å². The van der Waals surface area contributed by atoms with E-state index in [1.165, 1.54) is 31.2 Å². The second-order valence-electron chi connectivity index (χ2n) is 5.62. The Hall–Kier alpha value is -1.38. The van der Waals surface area contributed by atoms with Gasteiger partial charge in [-0.25, -0.2) is 0 Å². The average Bonchev–Trinajstić information content (AvgIpc) is 2.53. The van der Waals surface area contributed by atoms with E-state index in [0.29, 0.717) is 5.56 Å². The standard InChI is InChI=1S/C17H16BrF3O3S/c1-11(13-4-3-5-14(10-13)17(19,20)21)12(2)24-25(22,23)16-8-6-15(18)7-9-16/h3-12H,1-2H3/t11-,12-/m1/s1. The van der Waals surface area contributed by atoms with Crippen molar-refractivity contribution in [1.82, 2.24) is 0 Å². The van der Waals surface area contributed by atoms with Gasteiger partial charge in [0.05, 0.1) is 16.6 Å². The number of hydrogen-bond acceptors (Lipinski definition) is 3. The predicted octanol–water partition coefficient (Wildman–Crippen LogP) is 5.37. The zero-order valence-electron chi connectivity index (χ0n) is 13.4. The summed E-state index contributed by atoms with van der Waals surface area (Å²) >= 11 is 3.21. The maximum absolute atomic E-state index is 12.8. The van der Waals surface area contributed by atoms with Gasteiger partial charge in [-0.1, -0.05) is 41.1 Å². The van der Waals surface area contributed by atoms with Gasteiger partial charge in [-0.2, -0.15) is 21.6 Å². The smallest absolute Gasteiger partial charge is 0.263 e. The summed E-state index contributed by atoms with van der Waals surface area (Å²) in [6.45, 7) is 3.14. The van der Waals surface area contributed by atoms with Gasteiger partial charge in [0, 0.05) is 10.4 Å². The molecule has 0 fully saturated rings. The van der Waals surface area contributed by atoms with Crippen molar-refractivity contribution < 1.29 is 25.8 Å². The fraction of sp³-hybridized carbons (Fsp3) is 0.294. The molecule has 3 nitrogen and oxygen atoms in total. The van der Waals surface area contributed by atoms with E-state index in [1.807, 2.05) is 0 Å². The normalized spacial score (nSPS) is 15.0. The average molecular weight is 437 g/mol. The largest absolute Gasteiger partial charge is 0.416 e. The number of alkyl halides is 3. The Bertz CT molecular complexity index is 833. The molecule has 2 aromatic carbocycles. The van der Waals surface area contributed by atoms with Gasteiger partial charge in [0.2, 0.25) is 0 Å². The summed E-state index contributed by atoms with van der Waals surface area (Å²) in [5.41, 5.74) is -0.423. The van der Waals surface area contributed by atoms with Crippen LogP contribution in [0.1, 0.15) is 30.9 Å². The summed E-state index contributed by atoms with van der Waals surface area (Å²) in [5.74, 6) is -0.549. The third-order valence-electron chi connectivity index (χ3n) is 3.82. The monoisotopic (exact) mass is 436 g/mol. The highest BCUT2D eigenvalue weighted by Crippen LogP contribution is 2.32. The predicted molar refractivity (Wildman–Crippen MR) is 91.7 cm³/mol. The van der Waals surface area contributed by atoms with Gasteiger partial charge in [-0.3, -0.25) is 4.18 Å². The molecule has 0 aliphatic rings. The van der Waals surface area contributed by atoms with Crippen molar-refractivity contribution in [2.45, 2.75) is 36.9 Å². The Morgan fingerprint density at radius 1 is 1.04 bits per heavy atom. The first-order chi connectivity index (χ1) is 11.5. The van der Waals surface area contributed by atoms with Crippen molar-refractivity contribution in [2.75, 3.05) is 0 Å². The van der Waals surface area contributed by atoms with Gasteiger partial charge in [0.1, 0.15) is 0 Å². The summed E-state index contributed by atoms with van der Waals surface area (Å²) in [6.07, 6.45) is -5.29. The summed E-state index contributed by atoms with van der Waals surface area (Å²) in [4.78, 5) is -0.0150. The Balaban J connectivity index is 2.20. The van der Waals surface area contributed by atoms with E-state index in [-0.39, 0.29) is 4.90 Å². The van der Waals surface area contributed by atoms with E-state index >= 15 is 0 Å². The van der Waals surface area contributed by atoms with Crippen molar-refractivity contribution in [3.8, 4) is 0 Å². The van der Waals surface area contributed by atoms with E-state index in [0.717, 1.165) is 16.6 Å². The molecule has 2 atom stereocenters. The van der Waals surface area contributed by atoms with E-state index < -0.39 is 33.9 Å². The van der Waals surface area contributed by atoms with Crippen LogP contribution in [0.15, 0.2) is 57.9 Å². The zero-order valence-corrected chi connectivity index (χ0v) is 15.8. The SMILES string of the molecule is C[C@@H](OS(=O)(=O)c1ccc(Br)cc1)[C@@H](C)c1cccc(C(F)(F)F)c1. The van der Waals surface area contributed by atoms with Crippen molar-refractivity contribution in [3.63, 3.8) is 0 Å². The molecule has 0 aliphatic heterocycles. The molecule has 136 valence electrons. The summed E-state index contributed by atoms with van der Waals surface area (Å²) in [6, 6.07) is 10.7. The molecule has 0 spiro atoms. The fourth-order valence-electron chi connectivity index (χ4n) is 2.21. The number of halogens is 4. The van der Waals surface area contributed by atoms with Crippen LogP contribution in [-0.4, -0.2) is 14.5 Å². The molecular weight excluding hydrogens is 421 g/mol. The van der Waals surface area contributed by atoms with E-state index in [2.05, 4.69) is 15.9 Å². The third-order valence-corrected chi connectivity index (χ3v) is 5.76. The van der Waals surface area contributed by atoms with Crippen LogP contribution in [0, 0.1) is 0 Å². The molecular formula is C17H16BrF3O3S. The lowest BCUT2D eigenvalue weighted by atomic mass is 9.95. The Morgan fingerprint density at radius 3 is 2.20 bits per heavy atom. The molecule has 0 aromatic heterocycles. The Morgan fingerprint density at radius 2 is 1.64 bits per heavy atom. The molecule has 0 saturated carbocycles. The van der Waals surface area contributed by atoms with Crippen LogP contribution in [0.3, 0.4) is 0 Å². The van der Waals surface area contributed by atoms with Crippen molar-refractivity contribution in [3.05, 3.63) is 64.1 Å². The van der Waals surface area contributed by atoms with Gasteiger partial charge in [0.25, 0.3) is 10.1 Å². The first-order valence-electron chi connectivity index (χ1n) is 7.37. The maximum Gasteiger partial charge on any atom is 0.416 e. The molecule has 2 aromatic rings. The lowest BCUT2D eigenvalue weighted by molar-refractivity contribution is -0.137. The van der Waals surface area contributed by atoms with Crippen LogP contribution < -0.4 is 0 Å². The fourth-order valence-corrected chi connectivity index (χ4v) is 3.62. The zero-order chi connectivity index (χ0) is 18.8. The number of benzene rings is 2. The van der Waals surface area contributed by atoms with E-state index in [9.17, 15) is 21.6 Å². The molecule has 0 saturated heterocycles. The summed E-state index contributed by atoms with van der Waals surface area (Å²) in [5, 5.41) is 0. The molecule has 0 heterocycles. The van der Waals surface area contributed by atoms with Gasteiger partial charge in [-0.15, -0.1) is 0 Å². The van der Waals surface area contributed by atoms with Crippen molar-refractivity contribution in [2.24, 2.45) is 0 Å². The third kappa shape index (κ3) is 5.05. The van der Waals surface area contributed by atoms with Crippen LogP contribution in [0.25, 0.3) is 0 Å². The summed E-state index contributed by atoms with van der Waals surface area (Å²) < 4.78 is 69.0. The van der Waals surface area contributed by atoms with Crippen molar-refractivity contribution in [1.29, 1.82) is 0 Å². The van der Waals surface area contributed by atoms with E-state index in [4.69, 9.17) is 4.18 Å². The number of hydrogen-bond donors (Lipinski definition) is 0. The Kier molecular flexibility index (Phi) is 5.96. The minimum absolute atomic E-state index is 0.0150. The quantitative estimate of drug-likeness (QED) is 0.592. The highest BCUT2D eigenvalue weighted by molar-refractivity contribution is 9.10. The van der Waals surface area contributed by atoms with Crippen molar-refractivity contribution >= 4 is 26.0 Å². The molecule has 0 unspecified atom stereocenters. The minimum Gasteiger partial charge on any atom is -0.263 e. The van der Waals surface area contributed by atoms with Crippen LogP contribution in [0.5, 0.6) is 0 Å². The molecule has 0 N–H and O–H groups in total. The molecule has 8 heteroatoms. The lowest BCUT2D eigenvalue weighted by Crippen LogP contribution is -2.21. The summed E-state index contributed by atoms with van der Waals surface area (Å²) in [7, 11) is -4.01. The van der Waals surface area contributed by atoms with Gasteiger partial charge >= 0.3 is 6.18 Å².